The maximum Gasteiger partial charge on any atom is 0.222 e. The van der Waals surface area contributed by atoms with Crippen molar-refractivity contribution in [3.8, 4) is 0 Å². The van der Waals surface area contributed by atoms with Gasteiger partial charge in [0, 0.05) is 37.8 Å². The van der Waals surface area contributed by atoms with E-state index in [9.17, 15) is 4.79 Å². The predicted octanol–water partition coefficient (Wildman–Crippen LogP) is 0.313. The van der Waals surface area contributed by atoms with Gasteiger partial charge in [-0.15, -0.1) is 0 Å². The Bertz CT molecular complexity index is 380. The molecule has 0 bridgehead atoms. The average Bonchev–Trinajstić information content (AvgIpc) is 2.96. The number of carbonyl (C=O) groups excluding carboxylic acids is 1. The highest BCUT2D eigenvalue weighted by Crippen LogP contribution is 1.91. The van der Waals surface area contributed by atoms with Crippen molar-refractivity contribution in [1.29, 1.82) is 0 Å². The van der Waals surface area contributed by atoms with Crippen LogP contribution in [0.25, 0.3) is 0 Å². The summed E-state index contributed by atoms with van der Waals surface area (Å²) in [6.45, 7) is 1.03. The quantitative estimate of drug-likeness (QED) is 0.760. The predicted molar refractivity (Wildman–Crippen MR) is 57.3 cm³/mol. The highest BCUT2D eigenvalue weighted by Gasteiger charge is 2.02. The number of nitrogens with zero attached hydrogens (tertiary/aromatic N) is 3. The van der Waals surface area contributed by atoms with Gasteiger partial charge < -0.3 is 10.3 Å². The highest BCUT2D eigenvalue weighted by molar-refractivity contribution is 5.75. The molecule has 6 heteroatoms. The number of aromatic nitrogens is 4. The molecule has 1 amide bonds. The van der Waals surface area contributed by atoms with Crippen LogP contribution in [0, 0.1) is 0 Å². The summed E-state index contributed by atoms with van der Waals surface area (Å²) >= 11 is 0. The van der Waals surface area contributed by atoms with Crippen LogP contribution in [0.1, 0.15) is 12.2 Å². The molecule has 0 aromatic carbocycles. The second-order valence-electron chi connectivity index (χ2n) is 3.33. The fraction of sp³-hybridized carbons (Fsp3) is 0.300. The topological polar surface area (TPSA) is 75.6 Å². The van der Waals surface area contributed by atoms with Crippen LogP contribution in [0.3, 0.4) is 0 Å². The molecule has 2 aromatic rings. The summed E-state index contributed by atoms with van der Waals surface area (Å²) in [7, 11) is 0. The molecule has 2 N–H and O–H groups in total. The fourth-order valence-corrected chi connectivity index (χ4v) is 1.31. The number of H-pyrrole nitrogens is 1. The molecule has 2 rings (SSSR count). The standard InChI is InChI=1S/C10H13N5O/c16-10(2-7-15-6-1-3-14-15)13-8-9-11-4-5-12-9/h1,3-6H,2,7-8H2,(H,11,12)(H,13,16). The average molecular weight is 219 g/mol. The van der Waals surface area contributed by atoms with Crippen LogP contribution in [-0.4, -0.2) is 25.7 Å². The van der Waals surface area contributed by atoms with Gasteiger partial charge in [-0.25, -0.2) is 4.98 Å². The van der Waals surface area contributed by atoms with Crippen molar-refractivity contribution >= 4 is 5.91 Å². The molecule has 0 fully saturated rings. The van der Waals surface area contributed by atoms with E-state index in [4.69, 9.17) is 0 Å². The van der Waals surface area contributed by atoms with Crippen LogP contribution in [0.4, 0.5) is 0 Å². The summed E-state index contributed by atoms with van der Waals surface area (Å²) in [6, 6.07) is 1.83. The van der Waals surface area contributed by atoms with Gasteiger partial charge >= 0.3 is 0 Å². The first-order valence-electron chi connectivity index (χ1n) is 5.07. The van der Waals surface area contributed by atoms with Gasteiger partial charge in [0.05, 0.1) is 6.54 Å². The van der Waals surface area contributed by atoms with E-state index in [0.717, 1.165) is 5.82 Å². The molecule has 0 atom stereocenters. The van der Waals surface area contributed by atoms with Crippen LogP contribution in [0.2, 0.25) is 0 Å². The summed E-state index contributed by atoms with van der Waals surface area (Å²) < 4.78 is 1.73. The van der Waals surface area contributed by atoms with Crippen LogP contribution < -0.4 is 5.32 Å². The first kappa shape index (κ1) is 10.4. The van der Waals surface area contributed by atoms with Crippen molar-refractivity contribution in [3.05, 3.63) is 36.7 Å². The Balaban J connectivity index is 1.69. The van der Waals surface area contributed by atoms with Gasteiger partial charge in [-0.3, -0.25) is 9.48 Å². The van der Waals surface area contributed by atoms with Crippen LogP contribution in [0.5, 0.6) is 0 Å². The lowest BCUT2D eigenvalue weighted by Crippen LogP contribution is -2.24. The van der Waals surface area contributed by atoms with Crippen molar-refractivity contribution in [2.75, 3.05) is 0 Å². The number of nitrogens with one attached hydrogen (secondary N) is 2. The molecule has 0 aliphatic heterocycles. The number of carbonyl (C=O) groups is 1. The molecule has 16 heavy (non-hydrogen) atoms. The summed E-state index contributed by atoms with van der Waals surface area (Å²) in [5.41, 5.74) is 0. The van der Waals surface area contributed by atoms with Gasteiger partial charge in [0.25, 0.3) is 0 Å². The lowest BCUT2D eigenvalue weighted by molar-refractivity contribution is -0.121. The van der Waals surface area contributed by atoms with Crippen molar-refractivity contribution in [2.24, 2.45) is 0 Å². The number of imidazole rings is 1. The third-order valence-corrected chi connectivity index (χ3v) is 2.14. The summed E-state index contributed by atoms with van der Waals surface area (Å²) in [6.07, 6.45) is 7.33. The molecule has 0 saturated carbocycles. The summed E-state index contributed by atoms with van der Waals surface area (Å²) in [5.74, 6) is 0.749. The molecule has 0 spiro atoms. The molecule has 84 valence electrons. The zero-order chi connectivity index (χ0) is 11.2. The number of aryl methyl sites for hydroxylation is 1. The van der Waals surface area contributed by atoms with Crippen LogP contribution in [0.15, 0.2) is 30.9 Å². The Morgan fingerprint density at radius 1 is 1.50 bits per heavy atom. The highest BCUT2D eigenvalue weighted by atomic mass is 16.1. The Morgan fingerprint density at radius 3 is 3.12 bits per heavy atom. The number of hydrogen-bond donors (Lipinski definition) is 2. The van der Waals surface area contributed by atoms with Crippen molar-refractivity contribution in [2.45, 2.75) is 19.5 Å². The molecule has 2 aromatic heterocycles. The van der Waals surface area contributed by atoms with Crippen LogP contribution >= 0.6 is 0 Å². The zero-order valence-corrected chi connectivity index (χ0v) is 8.76. The van der Waals surface area contributed by atoms with Gasteiger partial charge in [0.15, 0.2) is 0 Å². The van der Waals surface area contributed by atoms with E-state index < -0.39 is 0 Å². The summed E-state index contributed by atoms with van der Waals surface area (Å²) in [4.78, 5) is 18.4. The monoisotopic (exact) mass is 219 g/mol. The molecule has 0 saturated heterocycles. The maximum absolute atomic E-state index is 11.4. The first-order chi connectivity index (χ1) is 7.84. The van der Waals surface area contributed by atoms with E-state index >= 15 is 0 Å². The second kappa shape index (κ2) is 5.11. The molecule has 6 nitrogen and oxygen atoms in total. The largest absolute Gasteiger partial charge is 0.349 e. The molecule has 0 aliphatic rings. The van der Waals surface area contributed by atoms with Gasteiger partial charge in [-0.1, -0.05) is 0 Å². The zero-order valence-electron chi connectivity index (χ0n) is 8.76. The lowest BCUT2D eigenvalue weighted by atomic mass is 10.4. The smallest absolute Gasteiger partial charge is 0.222 e. The minimum atomic E-state index is -0.00750. The number of aromatic amines is 1. The van der Waals surface area contributed by atoms with E-state index in [2.05, 4.69) is 20.4 Å². The van der Waals surface area contributed by atoms with E-state index in [1.165, 1.54) is 0 Å². The summed E-state index contributed by atoms with van der Waals surface area (Å²) in [5, 5.41) is 6.79. The maximum atomic E-state index is 11.4. The van der Waals surface area contributed by atoms with E-state index in [-0.39, 0.29) is 5.91 Å². The Kier molecular flexibility index (Phi) is 3.32. The third kappa shape index (κ3) is 2.94. The molecule has 2 heterocycles. The third-order valence-electron chi connectivity index (χ3n) is 2.14. The molecular formula is C10H13N5O. The number of rotatable bonds is 5. The molecular weight excluding hydrogens is 206 g/mol. The number of hydrogen-bond acceptors (Lipinski definition) is 3. The molecule has 0 unspecified atom stereocenters. The normalized spacial score (nSPS) is 10.2. The molecule has 0 radical (unpaired) electrons. The van der Waals surface area contributed by atoms with Gasteiger partial charge in [-0.05, 0) is 6.07 Å². The van der Waals surface area contributed by atoms with Gasteiger partial charge in [0.1, 0.15) is 5.82 Å². The van der Waals surface area contributed by atoms with Crippen LogP contribution in [-0.2, 0) is 17.9 Å². The number of amides is 1. The minimum absolute atomic E-state index is 0.00750. The van der Waals surface area contributed by atoms with Crippen molar-refractivity contribution in [1.82, 2.24) is 25.1 Å². The SMILES string of the molecule is O=C(CCn1cccn1)NCc1ncc[nH]1. The fourth-order valence-electron chi connectivity index (χ4n) is 1.31. The lowest BCUT2D eigenvalue weighted by Gasteiger charge is -2.03. The van der Waals surface area contributed by atoms with Crippen molar-refractivity contribution in [3.63, 3.8) is 0 Å². The second-order valence-corrected chi connectivity index (χ2v) is 3.33. The van der Waals surface area contributed by atoms with Crippen molar-refractivity contribution < 1.29 is 4.79 Å². The Hall–Kier alpha value is -2.11. The molecule has 0 aliphatic carbocycles. The van der Waals surface area contributed by atoms with Gasteiger partial charge in [-0.2, -0.15) is 5.10 Å². The van der Waals surface area contributed by atoms with E-state index in [1.54, 1.807) is 23.3 Å². The van der Waals surface area contributed by atoms with Gasteiger partial charge in [0.2, 0.25) is 5.91 Å². The minimum Gasteiger partial charge on any atom is -0.349 e. The van der Waals surface area contributed by atoms with E-state index in [1.807, 2.05) is 12.3 Å². The Morgan fingerprint density at radius 2 is 2.44 bits per heavy atom. The Labute approximate surface area is 92.7 Å². The first-order valence-corrected chi connectivity index (χ1v) is 5.07. The van der Waals surface area contributed by atoms with E-state index in [0.29, 0.717) is 19.5 Å².